The van der Waals surface area contributed by atoms with E-state index in [9.17, 15) is 9.59 Å². The molecule has 0 aliphatic heterocycles. The van der Waals surface area contributed by atoms with Crippen LogP contribution in [-0.2, 0) is 22.4 Å². The fraction of sp³-hybridized carbons (Fsp3) is 0.394. The summed E-state index contributed by atoms with van der Waals surface area (Å²) in [6, 6.07) is 15.5. The van der Waals surface area contributed by atoms with E-state index in [1.54, 1.807) is 13.1 Å². The summed E-state index contributed by atoms with van der Waals surface area (Å²) in [6.45, 7) is 5.76. The number of carbonyl (C=O) groups is 2. The van der Waals surface area contributed by atoms with Gasteiger partial charge in [-0.2, -0.15) is 0 Å². The first-order chi connectivity index (χ1) is 19.5. The number of Topliss-reactive ketones (excluding diaryl/α,β-unsaturated/α-hetero) is 2. The van der Waals surface area contributed by atoms with Crippen molar-refractivity contribution < 1.29 is 9.59 Å². The number of nitrogens with two attached hydrogens (primary N) is 1. The fourth-order valence-electron chi connectivity index (χ4n) is 6.34. The SMILES string of the molecule is C[C@@H]1CCC1C(=O)[C@H](Cc1c[nH]c2ccccc12)N[CH][CH]N[C@@H](Cc1c[nH]c2ccccc12)C(=O)C1CC[C@@H]1N. The van der Waals surface area contributed by atoms with Gasteiger partial charge in [0.1, 0.15) is 0 Å². The second-order valence-electron chi connectivity index (χ2n) is 11.7. The van der Waals surface area contributed by atoms with Crippen molar-refractivity contribution in [2.24, 2.45) is 23.5 Å². The van der Waals surface area contributed by atoms with E-state index >= 15 is 0 Å². The molecule has 0 saturated heterocycles. The van der Waals surface area contributed by atoms with E-state index in [2.05, 4.69) is 45.7 Å². The first kappa shape index (κ1) is 26.9. The van der Waals surface area contributed by atoms with Gasteiger partial charge in [-0.1, -0.05) is 43.3 Å². The maximum Gasteiger partial charge on any atom is 0.154 e. The minimum Gasteiger partial charge on any atom is -0.361 e. The van der Waals surface area contributed by atoms with E-state index in [4.69, 9.17) is 5.73 Å². The van der Waals surface area contributed by atoms with Crippen LogP contribution in [0.5, 0.6) is 0 Å². The summed E-state index contributed by atoms with van der Waals surface area (Å²) in [6.07, 6.45) is 8.96. The van der Waals surface area contributed by atoms with Crippen LogP contribution in [0.25, 0.3) is 21.8 Å². The Balaban J connectivity index is 1.13. The van der Waals surface area contributed by atoms with Crippen molar-refractivity contribution in [1.82, 2.24) is 20.6 Å². The normalized spacial score (nSPS) is 23.9. The van der Waals surface area contributed by atoms with Crippen LogP contribution in [0.3, 0.4) is 0 Å². The number of hydrogen-bond acceptors (Lipinski definition) is 5. The number of H-pyrrole nitrogens is 2. The average molecular weight is 538 g/mol. The summed E-state index contributed by atoms with van der Waals surface area (Å²) in [5, 5.41) is 9.03. The Morgan fingerprint density at radius 1 is 0.800 bits per heavy atom. The van der Waals surface area contributed by atoms with Crippen LogP contribution in [0.15, 0.2) is 60.9 Å². The molecule has 7 nitrogen and oxygen atoms in total. The summed E-state index contributed by atoms with van der Waals surface area (Å²) < 4.78 is 0. The highest BCUT2D eigenvalue weighted by molar-refractivity contribution is 5.90. The summed E-state index contributed by atoms with van der Waals surface area (Å²) in [7, 11) is 0. The van der Waals surface area contributed by atoms with Crippen molar-refractivity contribution >= 4 is 33.4 Å². The summed E-state index contributed by atoms with van der Waals surface area (Å²) >= 11 is 0. The number of aromatic nitrogens is 2. The van der Waals surface area contributed by atoms with Gasteiger partial charge in [0, 0.05) is 65.2 Å². The highest BCUT2D eigenvalue weighted by atomic mass is 16.1. The molecule has 0 amide bonds. The van der Waals surface area contributed by atoms with E-state index in [1.165, 1.54) is 0 Å². The Bertz CT molecular complexity index is 1380. The zero-order valence-electron chi connectivity index (χ0n) is 23.0. The second kappa shape index (κ2) is 11.7. The molecule has 2 aliphatic rings. The Morgan fingerprint density at radius 2 is 1.30 bits per heavy atom. The molecule has 40 heavy (non-hydrogen) atoms. The molecule has 2 radical (unpaired) electrons. The van der Waals surface area contributed by atoms with Gasteiger partial charge >= 0.3 is 0 Å². The van der Waals surface area contributed by atoms with Gasteiger partial charge in [0.2, 0.25) is 0 Å². The third kappa shape index (κ3) is 5.38. The third-order valence-electron chi connectivity index (χ3n) is 9.24. The Labute approximate surface area is 235 Å². The Kier molecular flexibility index (Phi) is 7.87. The number of carbonyl (C=O) groups excluding carboxylic acids is 2. The Hall–Kier alpha value is -3.26. The number of ketones is 2. The van der Waals surface area contributed by atoms with Crippen molar-refractivity contribution in [3.8, 4) is 0 Å². The van der Waals surface area contributed by atoms with Crippen LogP contribution >= 0.6 is 0 Å². The molecule has 6 rings (SSSR count). The molecule has 2 saturated carbocycles. The number of benzene rings is 2. The minimum atomic E-state index is -0.400. The van der Waals surface area contributed by atoms with Crippen LogP contribution in [0.2, 0.25) is 0 Å². The van der Waals surface area contributed by atoms with Crippen molar-refractivity contribution in [3.63, 3.8) is 0 Å². The van der Waals surface area contributed by atoms with Gasteiger partial charge in [0.25, 0.3) is 0 Å². The topological polar surface area (TPSA) is 116 Å². The predicted molar refractivity (Wildman–Crippen MR) is 159 cm³/mol. The number of fused-ring (bicyclic) bond motifs is 2. The van der Waals surface area contributed by atoms with Gasteiger partial charge in [-0.05, 0) is 67.7 Å². The highest BCUT2D eigenvalue weighted by Gasteiger charge is 2.38. The van der Waals surface area contributed by atoms with Crippen LogP contribution in [0.4, 0.5) is 0 Å². The van der Waals surface area contributed by atoms with Crippen molar-refractivity contribution in [2.75, 3.05) is 0 Å². The van der Waals surface area contributed by atoms with Crippen LogP contribution < -0.4 is 16.4 Å². The van der Waals surface area contributed by atoms with Crippen LogP contribution in [0, 0.1) is 30.8 Å². The largest absolute Gasteiger partial charge is 0.361 e. The lowest BCUT2D eigenvalue weighted by Crippen LogP contribution is -2.52. The molecular formula is C33H39N5O2. The van der Waals surface area contributed by atoms with E-state index in [0.717, 1.165) is 58.6 Å². The predicted octanol–water partition coefficient (Wildman–Crippen LogP) is 4.60. The van der Waals surface area contributed by atoms with Crippen LogP contribution in [0.1, 0.15) is 43.7 Å². The molecular weight excluding hydrogens is 498 g/mol. The van der Waals surface area contributed by atoms with Gasteiger partial charge in [-0.3, -0.25) is 9.59 Å². The smallest absolute Gasteiger partial charge is 0.154 e. The quantitative estimate of drug-likeness (QED) is 0.160. The minimum absolute atomic E-state index is 0.0653. The summed E-state index contributed by atoms with van der Waals surface area (Å²) in [4.78, 5) is 33.7. The van der Waals surface area contributed by atoms with Gasteiger partial charge in [0.05, 0.1) is 12.1 Å². The van der Waals surface area contributed by atoms with Gasteiger partial charge in [0.15, 0.2) is 11.6 Å². The molecule has 2 aliphatic carbocycles. The average Bonchev–Trinajstić information content (AvgIpc) is 3.56. The zero-order chi connectivity index (χ0) is 27.6. The molecule has 7 heteroatoms. The molecule has 2 fully saturated rings. The monoisotopic (exact) mass is 537 g/mol. The molecule has 0 bridgehead atoms. The molecule has 208 valence electrons. The second-order valence-corrected chi connectivity index (χ2v) is 11.7. The standard InChI is InChI=1S/C33H39N5O2/c1-20-10-11-23(20)32(39)30(16-21-18-37-28-8-4-2-6-24(21)28)35-14-15-36-31(33(40)26-12-13-27(26)34)17-22-19-38-29-9-5-3-7-25(22)29/h2-9,14-15,18-20,23,26-27,30-31,35-38H,10-13,16-17,34H2,1H3/t20-,23?,26?,27+,30+,31+/m1/s1. The lowest BCUT2D eigenvalue weighted by atomic mass is 9.70. The lowest BCUT2D eigenvalue weighted by Gasteiger charge is -2.36. The molecule has 6 N–H and O–H groups in total. The van der Waals surface area contributed by atoms with Crippen molar-refractivity contribution in [1.29, 1.82) is 0 Å². The molecule has 6 atom stereocenters. The molecule has 2 heterocycles. The molecule has 4 aromatic rings. The Morgan fingerprint density at radius 3 is 1.73 bits per heavy atom. The molecule has 2 aromatic heterocycles. The lowest BCUT2D eigenvalue weighted by molar-refractivity contribution is -0.130. The van der Waals surface area contributed by atoms with E-state index in [1.807, 2.05) is 42.7 Å². The molecule has 2 unspecified atom stereocenters. The van der Waals surface area contributed by atoms with Crippen molar-refractivity contribution in [2.45, 2.75) is 63.6 Å². The van der Waals surface area contributed by atoms with Gasteiger partial charge in [-0.25, -0.2) is 0 Å². The summed E-state index contributed by atoms with van der Waals surface area (Å²) in [5.41, 5.74) is 10.6. The third-order valence-corrected chi connectivity index (χ3v) is 9.24. The van der Waals surface area contributed by atoms with E-state index < -0.39 is 6.04 Å². The highest BCUT2D eigenvalue weighted by Crippen LogP contribution is 2.36. The van der Waals surface area contributed by atoms with Gasteiger partial charge < -0.3 is 26.3 Å². The number of rotatable bonds is 13. The van der Waals surface area contributed by atoms with E-state index in [-0.39, 0.29) is 35.5 Å². The zero-order valence-corrected chi connectivity index (χ0v) is 23.0. The number of nitrogens with one attached hydrogen (secondary N) is 4. The first-order valence-corrected chi connectivity index (χ1v) is 14.6. The van der Waals surface area contributed by atoms with Crippen LogP contribution in [-0.4, -0.2) is 39.7 Å². The maximum atomic E-state index is 13.5. The van der Waals surface area contributed by atoms with Crippen molar-refractivity contribution in [3.05, 3.63) is 85.1 Å². The number of aromatic amines is 2. The number of hydrogen-bond donors (Lipinski definition) is 5. The number of para-hydroxylation sites is 2. The molecule has 2 aromatic carbocycles. The fourth-order valence-corrected chi connectivity index (χ4v) is 6.34. The van der Waals surface area contributed by atoms with E-state index in [0.29, 0.717) is 18.8 Å². The summed E-state index contributed by atoms with van der Waals surface area (Å²) in [5.74, 6) is 0.830. The van der Waals surface area contributed by atoms with Gasteiger partial charge in [-0.15, -0.1) is 0 Å². The molecule has 0 spiro atoms. The maximum absolute atomic E-state index is 13.5. The first-order valence-electron chi connectivity index (χ1n) is 14.6.